The molecule has 22 heavy (non-hydrogen) atoms. The van der Waals surface area contributed by atoms with E-state index >= 15 is 0 Å². The van der Waals surface area contributed by atoms with Gasteiger partial charge in [-0.15, -0.1) is 12.4 Å². The van der Waals surface area contributed by atoms with Crippen molar-refractivity contribution in [3.63, 3.8) is 0 Å². The van der Waals surface area contributed by atoms with Crippen LogP contribution in [0.25, 0.3) is 0 Å². The highest BCUT2D eigenvalue weighted by atomic mass is 35.5. The van der Waals surface area contributed by atoms with Gasteiger partial charge in [0.1, 0.15) is 18.7 Å². The van der Waals surface area contributed by atoms with Crippen LogP contribution >= 0.6 is 34.0 Å². The first-order valence-corrected chi connectivity index (χ1v) is 8.68. The fourth-order valence-corrected chi connectivity index (χ4v) is 3.44. The number of aliphatic carboxylic acids is 1. The first-order valence-electron chi connectivity index (χ1n) is 6.19. The lowest BCUT2D eigenvalue weighted by Gasteiger charge is -2.11. The Balaban J connectivity index is 0.00000441. The highest BCUT2D eigenvalue weighted by Crippen LogP contribution is 2.22. The Bertz CT molecular complexity index is 465. The van der Waals surface area contributed by atoms with Crippen molar-refractivity contribution >= 4 is 45.9 Å². The zero-order valence-electron chi connectivity index (χ0n) is 11.7. The molecule has 0 aromatic heterocycles. The van der Waals surface area contributed by atoms with E-state index in [-0.39, 0.29) is 24.8 Å². The Morgan fingerprint density at radius 3 is 2.18 bits per heavy atom. The zero-order valence-corrected chi connectivity index (χ0v) is 14.2. The van der Waals surface area contributed by atoms with Crippen LogP contribution in [0.4, 0.5) is 0 Å². The van der Waals surface area contributed by atoms with E-state index in [2.05, 4.69) is 0 Å². The predicted octanol–water partition coefficient (Wildman–Crippen LogP) is 1.27. The number of carboxylic acids is 1. The summed E-state index contributed by atoms with van der Waals surface area (Å²) in [6.07, 6.45) is 0. The number of ether oxygens (including phenoxy) is 1. The van der Waals surface area contributed by atoms with Crippen LogP contribution in [0.5, 0.6) is 0 Å². The van der Waals surface area contributed by atoms with Gasteiger partial charge in [0.2, 0.25) is 0 Å². The molecule has 124 valence electrons. The van der Waals surface area contributed by atoms with Crippen molar-refractivity contribution in [3.05, 3.63) is 35.9 Å². The summed E-state index contributed by atoms with van der Waals surface area (Å²) in [7, 11) is 2.58. The number of hydrogen-bond acceptors (Lipinski definition) is 7. The lowest BCUT2D eigenvalue weighted by atomic mass is 10.2. The molecular weight excluding hydrogens is 348 g/mol. The minimum absolute atomic E-state index is 0. The molecule has 0 saturated carbocycles. The Hall–Kier alpha value is -0.930. The van der Waals surface area contributed by atoms with E-state index in [0.29, 0.717) is 5.75 Å². The topological polar surface area (TPSA) is 116 Å². The van der Waals surface area contributed by atoms with Crippen molar-refractivity contribution in [1.82, 2.24) is 0 Å². The molecule has 0 bridgehead atoms. The highest BCUT2D eigenvalue weighted by molar-refractivity contribution is 8.76. The van der Waals surface area contributed by atoms with E-state index in [1.807, 2.05) is 30.3 Å². The van der Waals surface area contributed by atoms with Crippen LogP contribution in [0.15, 0.2) is 30.3 Å². The normalized spacial score (nSPS) is 12.8. The molecule has 0 radical (unpaired) electrons. The molecule has 9 heteroatoms. The van der Waals surface area contributed by atoms with E-state index in [9.17, 15) is 9.59 Å². The number of carboxylic acid groups (broad SMARTS) is 1. The van der Waals surface area contributed by atoms with E-state index in [1.54, 1.807) is 0 Å². The van der Waals surface area contributed by atoms with Crippen LogP contribution in [-0.2, 0) is 20.9 Å². The van der Waals surface area contributed by atoms with Gasteiger partial charge in [-0.25, -0.2) is 0 Å². The third-order valence-corrected chi connectivity index (χ3v) is 4.90. The summed E-state index contributed by atoms with van der Waals surface area (Å²) < 4.78 is 5.10. The third kappa shape index (κ3) is 8.50. The van der Waals surface area contributed by atoms with Crippen molar-refractivity contribution in [3.8, 4) is 0 Å². The van der Waals surface area contributed by atoms with Crippen LogP contribution in [0, 0.1) is 0 Å². The number of hydrogen-bond donors (Lipinski definition) is 3. The second-order valence-corrected chi connectivity index (χ2v) is 6.77. The second kappa shape index (κ2) is 11.6. The lowest BCUT2D eigenvalue weighted by molar-refractivity contribution is -0.146. The number of rotatable bonds is 9. The van der Waals surface area contributed by atoms with E-state index in [1.165, 1.54) is 21.6 Å². The van der Waals surface area contributed by atoms with Crippen molar-refractivity contribution in [2.45, 2.75) is 18.7 Å². The Morgan fingerprint density at radius 2 is 1.64 bits per heavy atom. The smallest absolute Gasteiger partial charge is 0.324 e. The highest BCUT2D eigenvalue weighted by Gasteiger charge is 2.16. The quantitative estimate of drug-likeness (QED) is 0.340. The van der Waals surface area contributed by atoms with E-state index in [4.69, 9.17) is 21.3 Å². The zero-order chi connectivity index (χ0) is 15.7. The van der Waals surface area contributed by atoms with Crippen LogP contribution < -0.4 is 11.5 Å². The van der Waals surface area contributed by atoms with Crippen LogP contribution in [0.3, 0.4) is 0 Å². The number of carbonyl (C=O) groups excluding carboxylic acids is 1. The Morgan fingerprint density at radius 1 is 1.09 bits per heavy atom. The molecule has 0 aliphatic rings. The molecule has 5 N–H and O–H groups in total. The molecule has 6 nitrogen and oxygen atoms in total. The molecule has 0 aliphatic carbocycles. The number of esters is 1. The first-order chi connectivity index (χ1) is 10.0. The molecule has 0 heterocycles. The first kappa shape index (κ1) is 21.1. The van der Waals surface area contributed by atoms with Gasteiger partial charge in [0, 0.05) is 11.5 Å². The monoisotopic (exact) mass is 366 g/mol. The maximum absolute atomic E-state index is 11.7. The molecule has 1 aromatic carbocycles. The fourth-order valence-electron chi connectivity index (χ4n) is 1.22. The van der Waals surface area contributed by atoms with Gasteiger partial charge in [-0.2, -0.15) is 0 Å². The second-order valence-electron chi connectivity index (χ2n) is 4.21. The van der Waals surface area contributed by atoms with E-state index in [0.717, 1.165) is 5.56 Å². The minimum Gasteiger partial charge on any atom is -0.480 e. The molecule has 0 spiro atoms. The molecular formula is C13H19ClN2O4S2. The molecule has 0 fully saturated rings. The standard InChI is InChI=1S/C13H18N2O4S2.ClH/c14-10(12(16)17)7-20-21-8-11(15)13(18)19-6-9-4-2-1-3-5-9;/h1-5,10-11H,6-8,14-15H2,(H,16,17);1H/t10-,11-;/m0./s1. The van der Waals surface area contributed by atoms with Gasteiger partial charge >= 0.3 is 11.9 Å². The minimum atomic E-state index is -1.05. The van der Waals surface area contributed by atoms with Gasteiger partial charge < -0.3 is 21.3 Å². The third-order valence-electron chi connectivity index (χ3n) is 2.42. The largest absolute Gasteiger partial charge is 0.480 e. The molecule has 0 aliphatic heterocycles. The number of carbonyl (C=O) groups is 2. The Labute approximate surface area is 143 Å². The fraction of sp³-hybridized carbons (Fsp3) is 0.385. The molecule has 0 amide bonds. The molecule has 0 saturated heterocycles. The van der Waals surface area contributed by atoms with Crippen molar-refractivity contribution in [2.75, 3.05) is 11.5 Å². The van der Waals surface area contributed by atoms with Crippen molar-refractivity contribution in [2.24, 2.45) is 11.5 Å². The maximum atomic E-state index is 11.7. The number of benzene rings is 1. The van der Waals surface area contributed by atoms with Gasteiger partial charge in [-0.05, 0) is 5.56 Å². The summed E-state index contributed by atoms with van der Waals surface area (Å²) in [5.74, 6) is -0.930. The summed E-state index contributed by atoms with van der Waals surface area (Å²) >= 11 is 0. The molecule has 1 aromatic rings. The van der Waals surface area contributed by atoms with Crippen molar-refractivity contribution < 1.29 is 19.4 Å². The average Bonchev–Trinajstić information content (AvgIpc) is 2.49. The number of nitrogens with two attached hydrogens (primary N) is 2. The predicted molar refractivity (Wildman–Crippen MR) is 92.0 cm³/mol. The average molecular weight is 367 g/mol. The van der Waals surface area contributed by atoms with Crippen LogP contribution in [0.1, 0.15) is 5.56 Å². The van der Waals surface area contributed by atoms with Gasteiger partial charge in [0.05, 0.1) is 0 Å². The lowest BCUT2D eigenvalue weighted by Crippen LogP contribution is -2.34. The molecule has 2 atom stereocenters. The van der Waals surface area contributed by atoms with E-state index < -0.39 is 24.0 Å². The van der Waals surface area contributed by atoms with Gasteiger partial charge in [0.15, 0.2) is 0 Å². The van der Waals surface area contributed by atoms with Gasteiger partial charge in [-0.3, -0.25) is 9.59 Å². The van der Waals surface area contributed by atoms with Crippen LogP contribution in [-0.4, -0.2) is 40.6 Å². The van der Waals surface area contributed by atoms with Gasteiger partial charge in [-0.1, -0.05) is 51.9 Å². The summed E-state index contributed by atoms with van der Waals surface area (Å²) in [5, 5.41) is 8.61. The molecule has 1 rings (SSSR count). The van der Waals surface area contributed by atoms with Gasteiger partial charge in [0.25, 0.3) is 0 Å². The summed E-state index contributed by atoms with van der Waals surface area (Å²) in [6, 6.07) is 7.67. The number of halogens is 1. The maximum Gasteiger partial charge on any atom is 0.324 e. The SMILES string of the molecule is Cl.N[C@@H](CSSC[C@H](N)C(=O)OCc1ccccc1)C(=O)O. The summed E-state index contributed by atoms with van der Waals surface area (Å²) in [6.45, 7) is 0.190. The summed E-state index contributed by atoms with van der Waals surface area (Å²) in [5.41, 5.74) is 11.9. The Kier molecular flexibility index (Phi) is 11.1. The summed E-state index contributed by atoms with van der Waals surface area (Å²) in [4.78, 5) is 22.2. The van der Waals surface area contributed by atoms with Crippen LogP contribution in [0.2, 0.25) is 0 Å². The molecule has 0 unspecified atom stereocenters. The van der Waals surface area contributed by atoms with Crippen molar-refractivity contribution in [1.29, 1.82) is 0 Å².